The predicted molar refractivity (Wildman–Crippen MR) is 62.2 cm³/mol. The van der Waals surface area contributed by atoms with Crippen LogP contribution in [0, 0.1) is 0 Å². The van der Waals surface area contributed by atoms with Crippen molar-refractivity contribution in [2.75, 3.05) is 0 Å². The van der Waals surface area contributed by atoms with Crippen molar-refractivity contribution in [1.29, 1.82) is 0 Å². The summed E-state index contributed by atoms with van der Waals surface area (Å²) in [4.78, 5) is -0.325. The normalized spacial score (nSPS) is 17.9. The summed E-state index contributed by atoms with van der Waals surface area (Å²) in [6.45, 7) is 0. The van der Waals surface area contributed by atoms with Crippen LogP contribution >= 0.6 is 0 Å². The Balaban J connectivity index is 2.03. The molecule has 0 atom stereocenters. The van der Waals surface area contributed by atoms with Crippen LogP contribution in [0.5, 0.6) is 5.75 Å². The largest absolute Gasteiger partial charge is 0.490 e. The molecule has 94 valence electrons. The van der Waals surface area contributed by atoms with Crippen molar-refractivity contribution in [1.82, 2.24) is 0 Å². The lowest BCUT2D eigenvalue weighted by Crippen LogP contribution is -2.19. The van der Waals surface area contributed by atoms with Crippen LogP contribution in [-0.4, -0.2) is 14.5 Å². The van der Waals surface area contributed by atoms with Crippen LogP contribution in [-0.2, 0) is 10.2 Å². The molecule has 0 bridgehead atoms. The molecule has 1 fully saturated rings. The van der Waals surface area contributed by atoms with Crippen LogP contribution in [0.15, 0.2) is 29.2 Å². The molecule has 3 nitrogen and oxygen atoms in total. The van der Waals surface area contributed by atoms with Gasteiger partial charge in [0.1, 0.15) is 5.75 Å². The molecule has 1 aliphatic rings. The molecule has 0 unspecified atom stereocenters. The van der Waals surface area contributed by atoms with Gasteiger partial charge in [0.2, 0.25) is 0 Å². The van der Waals surface area contributed by atoms with Crippen molar-refractivity contribution in [2.45, 2.75) is 43.1 Å². The second-order valence-corrected chi connectivity index (χ2v) is 5.63. The topological polar surface area (TPSA) is 43.4 Å². The van der Waals surface area contributed by atoms with Gasteiger partial charge in [-0.2, -0.15) is 8.42 Å². The van der Waals surface area contributed by atoms with Gasteiger partial charge in [-0.25, -0.2) is 0 Å². The highest BCUT2D eigenvalue weighted by Crippen LogP contribution is 2.24. The zero-order chi connectivity index (χ0) is 12.3. The van der Waals surface area contributed by atoms with Gasteiger partial charge >= 0.3 is 10.2 Å². The number of rotatable bonds is 3. The third-order valence-corrected chi connectivity index (χ3v) is 3.80. The standard InChI is InChI=1S/C12H15FO3S/c13-17(14,15)12-8-6-11(7-9-12)16-10-4-2-1-3-5-10/h6-10H,1-5H2. The van der Waals surface area contributed by atoms with E-state index in [1.54, 1.807) is 0 Å². The van der Waals surface area contributed by atoms with Crippen LogP contribution in [0.25, 0.3) is 0 Å². The van der Waals surface area contributed by atoms with Gasteiger partial charge in [-0.05, 0) is 49.9 Å². The van der Waals surface area contributed by atoms with Crippen molar-refractivity contribution >= 4 is 10.2 Å². The molecule has 5 heteroatoms. The Labute approximate surface area is 101 Å². The number of hydrogen-bond donors (Lipinski definition) is 0. The lowest BCUT2D eigenvalue weighted by Gasteiger charge is -2.22. The third-order valence-electron chi connectivity index (χ3n) is 2.96. The summed E-state index contributed by atoms with van der Waals surface area (Å²) in [7, 11) is -4.61. The summed E-state index contributed by atoms with van der Waals surface area (Å²) >= 11 is 0. The second kappa shape index (κ2) is 5.04. The lowest BCUT2D eigenvalue weighted by atomic mass is 9.98. The van der Waals surface area contributed by atoms with Crippen LogP contribution in [0.4, 0.5) is 3.89 Å². The summed E-state index contributed by atoms with van der Waals surface area (Å²) in [5, 5.41) is 0. The van der Waals surface area contributed by atoms with E-state index in [4.69, 9.17) is 4.74 Å². The first-order valence-electron chi connectivity index (χ1n) is 5.77. The van der Waals surface area contributed by atoms with Gasteiger partial charge in [0.15, 0.2) is 0 Å². The SMILES string of the molecule is O=S(=O)(F)c1ccc(OC2CCCCC2)cc1. The van der Waals surface area contributed by atoms with Gasteiger partial charge in [-0.1, -0.05) is 6.42 Å². The molecule has 1 aromatic rings. The zero-order valence-corrected chi connectivity index (χ0v) is 10.2. The molecule has 0 amide bonds. The minimum absolute atomic E-state index is 0.205. The van der Waals surface area contributed by atoms with E-state index in [9.17, 15) is 12.3 Å². The Morgan fingerprint density at radius 3 is 2.18 bits per heavy atom. The summed E-state index contributed by atoms with van der Waals surface area (Å²) in [5.74, 6) is 0.601. The molecule has 0 aliphatic heterocycles. The van der Waals surface area contributed by atoms with Crippen molar-refractivity contribution < 1.29 is 17.0 Å². The molecule has 0 aromatic heterocycles. The van der Waals surface area contributed by atoms with Crippen LogP contribution < -0.4 is 4.74 Å². The minimum atomic E-state index is -4.61. The quantitative estimate of drug-likeness (QED) is 0.783. The van der Waals surface area contributed by atoms with E-state index in [1.165, 1.54) is 43.5 Å². The van der Waals surface area contributed by atoms with Crippen molar-refractivity contribution in [3.63, 3.8) is 0 Å². The maximum atomic E-state index is 12.6. The van der Waals surface area contributed by atoms with Gasteiger partial charge in [-0.15, -0.1) is 3.89 Å². The van der Waals surface area contributed by atoms with Gasteiger partial charge in [-0.3, -0.25) is 0 Å². The molecule has 17 heavy (non-hydrogen) atoms. The highest BCUT2D eigenvalue weighted by atomic mass is 32.3. The Hall–Kier alpha value is -1.10. The monoisotopic (exact) mass is 258 g/mol. The summed E-state index contributed by atoms with van der Waals surface area (Å²) < 4.78 is 39.6. The number of benzene rings is 1. The molecule has 0 spiro atoms. The molecule has 1 saturated carbocycles. The second-order valence-electron chi connectivity index (χ2n) is 4.29. The van der Waals surface area contributed by atoms with E-state index >= 15 is 0 Å². The Bertz CT molecular complexity index is 461. The maximum absolute atomic E-state index is 12.6. The van der Waals surface area contributed by atoms with Gasteiger partial charge in [0.25, 0.3) is 0 Å². The minimum Gasteiger partial charge on any atom is -0.490 e. The summed E-state index contributed by atoms with van der Waals surface area (Å²) in [5.41, 5.74) is 0. The van der Waals surface area contributed by atoms with E-state index in [2.05, 4.69) is 0 Å². The fourth-order valence-corrected chi connectivity index (χ4v) is 2.52. The van der Waals surface area contributed by atoms with Crippen molar-refractivity contribution in [3.8, 4) is 5.75 Å². The van der Waals surface area contributed by atoms with E-state index in [-0.39, 0.29) is 11.0 Å². The first-order chi connectivity index (χ1) is 8.05. The number of ether oxygens (including phenoxy) is 1. The fraction of sp³-hybridized carbons (Fsp3) is 0.500. The Morgan fingerprint density at radius 1 is 1.06 bits per heavy atom. The molecule has 1 aromatic carbocycles. The molecule has 0 radical (unpaired) electrons. The predicted octanol–water partition coefficient (Wildman–Crippen LogP) is 3.06. The molecule has 1 aliphatic carbocycles. The van der Waals surface area contributed by atoms with Gasteiger partial charge < -0.3 is 4.74 Å². The Kier molecular flexibility index (Phi) is 3.66. The number of halogens is 1. The van der Waals surface area contributed by atoms with Crippen molar-refractivity contribution in [2.24, 2.45) is 0 Å². The smallest absolute Gasteiger partial charge is 0.332 e. The average molecular weight is 258 g/mol. The Morgan fingerprint density at radius 2 is 1.65 bits per heavy atom. The molecule has 0 heterocycles. The fourth-order valence-electron chi connectivity index (χ4n) is 2.06. The molecule has 0 saturated heterocycles. The highest BCUT2D eigenvalue weighted by molar-refractivity contribution is 7.86. The van der Waals surface area contributed by atoms with Crippen LogP contribution in [0.1, 0.15) is 32.1 Å². The van der Waals surface area contributed by atoms with E-state index in [0.29, 0.717) is 5.75 Å². The molecular weight excluding hydrogens is 243 g/mol. The van der Waals surface area contributed by atoms with Crippen LogP contribution in [0.3, 0.4) is 0 Å². The first kappa shape index (κ1) is 12.4. The number of hydrogen-bond acceptors (Lipinski definition) is 3. The van der Waals surface area contributed by atoms with Crippen LogP contribution in [0.2, 0.25) is 0 Å². The van der Waals surface area contributed by atoms with Gasteiger partial charge in [0.05, 0.1) is 11.0 Å². The van der Waals surface area contributed by atoms with E-state index < -0.39 is 10.2 Å². The highest BCUT2D eigenvalue weighted by Gasteiger charge is 2.16. The van der Waals surface area contributed by atoms with Crippen molar-refractivity contribution in [3.05, 3.63) is 24.3 Å². The first-order valence-corrected chi connectivity index (χ1v) is 7.15. The molecule has 0 N–H and O–H groups in total. The summed E-state index contributed by atoms with van der Waals surface area (Å²) in [6, 6.07) is 5.46. The summed E-state index contributed by atoms with van der Waals surface area (Å²) in [6.07, 6.45) is 5.85. The lowest BCUT2D eigenvalue weighted by molar-refractivity contribution is 0.155. The maximum Gasteiger partial charge on any atom is 0.332 e. The van der Waals surface area contributed by atoms with E-state index in [1.807, 2.05) is 0 Å². The molecular formula is C12H15FO3S. The third kappa shape index (κ3) is 3.43. The zero-order valence-electron chi connectivity index (χ0n) is 9.43. The van der Waals surface area contributed by atoms with E-state index in [0.717, 1.165) is 12.8 Å². The van der Waals surface area contributed by atoms with Gasteiger partial charge in [0, 0.05) is 0 Å². The average Bonchev–Trinajstić information content (AvgIpc) is 2.30. The molecule has 2 rings (SSSR count).